The van der Waals surface area contributed by atoms with Crippen LogP contribution in [0.1, 0.15) is 43.2 Å². The average molecular weight is 543 g/mol. The van der Waals surface area contributed by atoms with E-state index < -0.39 is 0 Å². The molecule has 0 amide bonds. The number of rotatable bonds is 2. The van der Waals surface area contributed by atoms with E-state index in [1.165, 1.54) is 54.4 Å². The van der Waals surface area contributed by atoms with Gasteiger partial charge in [0, 0.05) is 32.0 Å². The van der Waals surface area contributed by atoms with Crippen LogP contribution in [0.5, 0.6) is 0 Å². The van der Waals surface area contributed by atoms with Crippen LogP contribution in [0.2, 0.25) is 0 Å². The fourth-order valence-electron chi connectivity index (χ4n) is 8.19. The Hall–Kier alpha value is -2.68. The summed E-state index contributed by atoms with van der Waals surface area (Å²) in [5.41, 5.74) is 8.93. The molecule has 0 radical (unpaired) electrons. The second-order valence-corrected chi connectivity index (χ2v) is 14.2. The minimum Gasteiger partial charge on any atom is -0.146 e. The van der Waals surface area contributed by atoms with Crippen LogP contribution >= 0.6 is 23.5 Å². The van der Waals surface area contributed by atoms with Gasteiger partial charge in [-0.1, -0.05) is 115 Å². The number of allylic oxidation sites excluding steroid dienone is 5. The molecule has 2 aliphatic heterocycles. The second-order valence-electron chi connectivity index (χ2n) is 11.7. The minimum atomic E-state index is 0.0343. The lowest BCUT2D eigenvalue weighted by molar-refractivity contribution is 0.208. The predicted octanol–water partition coefficient (Wildman–Crippen LogP) is 9.90. The molecular formula is C37H34S2. The quantitative estimate of drug-likeness (QED) is 0.296. The summed E-state index contributed by atoms with van der Waals surface area (Å²) in [6, 6.07) is 29.5. The predicted molar refractivity (Wildman–Crippen MR) is 169 cm³/mol. The summed E-state index contributed by atoms with van der Waals surface area (Å²) in [5.74, 6) is 1.07. The largest absolute Gasteiger partial charge is 0.146 e. The van der Waals surface area contributed by atoms with Gasteiger partial charge in [0.05, 0.1) is 0 Å². The molecule has 8 rings (SSSR count). The van der Waals surface area contributed by atoms with Crippen LogP contribution in [0, 0.1) is 11.8 Å². The molecule has 1 fully saturated rings. The molecule has 6 atom stereocenters. The maximum Gasteiger partial charge on any atom is 0.0313 e. The lowest BCUT2D eigenvalue weighted by Gasteiger charge is -2.61. The van der Waals surface area contributed by atoms with E-state index in [4.69, 9.17) is 0 Å². The Morgan fingerprint density at radius 3 is 2.41 bits per heavy atom. The molecule has 0 aromatic heterocycles. The number of hydrogen-bond donors (Lipinski definition) is 0. The first-order valence-electron chi connectivity index (χ1n) is 14.7. The first kappa shape index (κ1) is 24.1. The average Bonchev–Trinajstić information content (AvgIpc) is 3.01. The van der Waals surface area contributed by atoms with Crippen molar-refractivity contribution in [3.8, 4) is 11.1 Å². The zero-order chi connectivity index (χ0) is 25.8. The lowest BCUT2D eigenvalue weighted by atomic mass is 9.52. The molecular weight excluding hydrogens is 509 g/mol. The molecule has 3 aliphatic carbocycles. The Labute approximate surface area is 241 Å². The second kappa shape index (κ2) is 9.75. The molecule has 2 heteroatoms. The molecule has 3 aromatic rings. The van der Waals surface area contributed by atoms with E-state index >= 15 is 0 Å². The summed E-state index contributed by atoms with van der Waals surface area (Å²) >= 11 is 4.40. The maximum absolute atomic E-state index is 2.70. The van der Waals surface area contributed by atoms with Crippen LogP contribution in [0.25, 0.3) is 16.7 Å². The molecule has 194 valence electrons. The molecule has 0 saturated carbocycles. The molecule has 39 heavy (non-hydrogen) atoms. The first-order chi connectivity index (χ1) is 19.3. The third-order valence-corrected chi connectivity index (χ3v) is 12.8. The van der Waals surface area contributed by atoms with Crippen molar-refractivity contribution in [1.29, 1.82) is 0 Å². The van der Waals surface area contributed by atoms with E-state index in [1.807, 2.05) is 0 Å². The van der Waals surface area contributed by atoms with Gasteiger partial charge in [0.25, 0.3) is 0 Å². The molecule has 5 aliphatic rings. The van der Waals surface area contributed by atoms with Crippen LogP contribution in [0.15, 0.2) is 126 Å². The molecule has 1 spiro atoms. The number of fused-ring (bicyclic) bond motifs is 8. The third-order valence-electron chi connectivity index (χ3n) is 9.74. The Bertz CT molecular complexity index is 1510. The van der Waals surface area contributed by atoms with Crippen LogP contribution in [-0.4, -0.2) is 15.7 Å². The summed E-state index contributed by atoms with van der Waals surface area (Å²) < 4.78 is 0. The molecule has 0 bridgehead atoms. The van der Waals surface area contributed by atoms with Gasteiger partial charge in [0.2, 0.25) is 0 Å². The fourth-order valence-corrected chi connectivity index (χ4v) is 11.6. The Morgan fingerprint density at radius 1 is 0.744 bits per heavy atom. The fraction of sp³-hybridized carbons (Fsp3) is 0.297. The smallest absolute Gasteiger partial charge is 0.0313 e. The van der Waals surface area contributed by atoms with Crippen molar-refractivity contribution in [3.05, 3.63) is 132 Å². The standard InChI is InChI=1S/C37H34S2/c1-3-12-25(13-4-1)27-22-23-35-32(24-27)37(29-17-7-9-20-33(29)38-35)30-18-8-10-21-34(30)39-36-28(16-11-19-31(36)37)26-14-5-2-6-15-26/h1-6,9,11-16,18-20,22-24,29,32-35H,7-8,10,17,21H2. The van der Waals surface area contributed by atoms with Gasteiger partial charge >= 0.3 is 0 Å². The maximum atomic E-state index is 2.70. The monoisotopic (exact) mass is 542 g/mol. The third kappa shape index (κ3) is 3.75. The minimum absolute atomic E-state index is 0.0343. The Morgan fingerprint density at radius 2 is 1.56 bits per heavy atom. The summed E-state index contributed by atoms with van der Waals surface area (Å²) in [5, 5.41) is 1.63. The van der Waals surface area contributed by atoms with Gasteiger partial charge < -0.3 is 0 Å². The van der Waals surface area contributed by atoms with Crippen molar-refractivity contribution in [2.75, 3.05) is 0 Å². The van der Waals surface area contributed by atoms with Crippen molar-refractivity contribution in [1.82, 2.24) is 0 Å². The van der Waals surface area contributed by atoms with Crippen molar-refractivity contribution < 1.29 is 0 Å². The van der Waals surface area contributed by atoms with Gasteiger partial charge in [-0.2, -0.15) is 0 Å². The van der Waals surface area contributed by atoms with Gasteiger partial charge in [-0.05, 0) is 71.4 Å². The first-order valence-corrected chi connectivity index (χ1v) is 16.5. The van der Waals surface area contributed by atoms with Crippen molar-refractivity contribution in [3.63, 3.8) is 0 Å². The topological polar surface area (TPSA) is 0 Å². The van der Waals surface area contributed by atoms with Gasteiger partial charge in [0.15, 0.2) is 0 Å². The molecule has 6 unspecified atom stereocenters. The molecule has 2 heterocycles. The van der Waals surface area contributed by atoms with E-state index in [2.05, 4.69) is 139 Å². The number of benzene rings is 3. The van der Waals surface area contributed by atoms with E-state index in [0.717, 1.165) is 0 Å². The Balaban J connectivity index is 1.42. The van der Waals surface area contributed by atoms with E-state index in [1.54, 1.807) is 16.0 Å². The zero-order valence-corrected chi connectivity index (χ0v) is 23.8. The number of thioether (sulfide) groups is 2. The molecule has 0 N–H and O–H groups in total. The van der Waals surface area contributed by atoms with Crippen molar-refractivity contribution >= 4 is 29.1 Å². The van der Waals surface area contributed by atoms with Crippen LogP contribution in [0.4, 0.5) is 0 Å². The van der Waals surface area contributed by atoms with Gasteiger partial charge in [-0.3, -0.25) is 0 Å². The zero-order valence-electron chi connectivity index (χ0n) is 22.2. The highest BCUT2D eigenvalue weighted by Crippen LogP contribution is 2.67. The Kier molecular flexibility index (Phi) is 6.04. The highest BCUT2D eigenvalue weighted by atomic mass is 32.2. The van der Waals surface area contributed by atoms with E-state index in [-0.39, 0.29) is 5.41 Å². The van der Waals surface area contributed by atoms with Crippen LogP contribution < -0.4 is 0 Å². The lowest BCUT2D eigenvalue weighted by Crippen LogP contribution is -2.58. The molecule has 1 saturated heterocycles. The number of hydrogen-bond acceptors (Lipinski definition) is 2. The summed E-state index contributed by atoms with van der Waals surface area (Å²) in [7, 11) is 0. The molecule has 3 aromatic carbocycles. The van der Waals surface area contributed by atoms with Crippen molar-refractivity contribution in [2.24, 2.45) is 11.8 Å². The van der Waals surface area contributed by atoms with E-state index in [9.17, 15) is 0 Å². The normalized spacial score (nSPS) is 32.4. The van der Waals surface area contributed by atoms with Gasteiger partial charge in [-0.25, -0.2) is 0 Å². The van der Waals surface area contributed by atoms with Gasteiger partial charge in [-0.15, -0.1) is 23.5 Å². The summed E-state index contributed by atoms with van der Waals surface area (Å²) in [6.07, 6.45) is 21.7. The molecule has 0 nitrogen and oxygen atoms in total. The van der Waals surface area contributed by atoms with Crippen LogP contribution in [-0.2, 0) is 5.41 Å². The summed E-state index contributed by atoms with van der Waals surface area (Å²) in [6.45, 7) is 0. The summed E-state index contributed by atoms with van der Waals surface area (Å²) in [4.78, 5) is 1.55. The van der Waals surface area contributed by atoms with E-state index in [0.29, 0.717) is 27.6 Å². The highest BCUT2D eigenvalue weighted by Gasteiger charge is 2.60. The SMILES string of the molecule is C1=CC2SC3C=CC(c4ccccc4)=CC3C3(C4=CCCCC4Sc4c(-c5ccccc5)cccc43)C2CC1. The van der Waals surface area contributed by atoms with Crippen molar-refractivity contribution in [2.45, 2.75) is 58.2 Å². The highest BCUT2D eigenvalue weighted by molar-refractivity contribution is 8.01. The van der Waals surface area contributed by atoms with Crippen LogP contribution in [0.3, 0.4) is 0 Å². The van der Waals surface area contributed by atoms with Gasteiger partial charge in [0.1, 0.15) is 0 Å².